The monoisotopic (exact) mass is 223 g/mol. The third-order valence-corrected chi connectivity index (χ3v) is 2.22. The Balaban J connectivity index is 2.74. The number of benzene rings is 1. The first-order valence-corrected chi connectivity index (χ1v) is 5.20. The van der Waals surface area contributed by atoms with Gasteiger partial charge in [-0.15, -0.1) is 0 Å². The maximum Gasteiger partial charge on any atom is 0.220 e. The Morgan fingerprint density at radius 3 is 2.81 bits per heavy atom. The number of amides is 1. The van der Waals surface area contributed by atoms with Crippen molar-refractivity contribution >= 4 is 5.91 Å². The molecule has 4 nitrogen and oxygen atoms in total. The molecule has 0 bridgehead atoms. The molecule has 3 N–H and O–H groups in total. The van der Waals surface area contributed by atoms with Gasteiger partial charge < -0.3 is 15.6 Å². The van der Waals surface area contributed by atoms with Gasteiger partial charge in [0.2, 0.25) is 5.91 Å². The van der Waals surface area contributed by atoms with Gasteiger partial charge in [-0.05, 0) is 26.0 Å². The second-order valence-corrected chi connectivity index (χ2v) is 3.78. The van der Waals surface area contributed by atoms with Crippen molar-refractivity contribution in [1.29, 1.82) is 0 Å². The third-order valence-electron chi connectivity index (χ3n) is 2.22. The predicted octanol–water partition coefficient (Wildman–Crippen LogP) is 1.30. The van der Waals surface area contributed by atoms with Crippen LogP contribution in [0, 0.1) is 6.92 Å². The summed E-state index contributed by atoms with van der Waals surface area (Å²) in [5.74, 6) is 0.201. The van der Waals surface area contributed by atoms with Crippen LogP contribution in [0.4, 0.5) is 0 Å². The zero-order valence-electron chi connectivity index (χ0n) is 9.56. The summed E-state index contributed by atoms with van der Waals surface area (Å²) in [5.41, 5.74) is 6.79. The van der Waals surface area contributed by atoms with Crippen LogP contribution in [0.15, 0.2) is 18.2 Å². The van der Waals surface area contributed by atoms with E-state index in [9.17, 15) is 9.90 Å². The molecule has 1 rings (SSSR count). The lowest BCUT2D eigenvalue weighted by Gasteiger charge is -2.13. The van der Waals surface area contributed by atoms with Crippen LogP contribution in [0.1, 0.15) is 30.6 Å². The molecular weight excluding hydrogens is 206 g/mol. The Bertz CT molecular complexity index is 375. The molecule has 0 saturated heterocycles. The highest BCUT2D eigenvalue weighted by molar-refractivity contribution is 5.73. The number of aliphatic hydroxyl groups is 1. The fourth-order valence-electron chi connectivity index (χ4n) is 1.39. The highest BCUT2D eigenvalue weighted by Gasteiger charge is 2.09. The van der Waals surface area contributed by atoms with Crippen molar-refractivity contribution in [2.75, 3.05) is 6.61 Å². The molecule has 4 heteroatoms. The van der Waals surface area contributed by atoms with E-state index in [1.54, 1.807) is 13.0 Å². The molecule has 1 aromatic carbocycles. The lowest BCUT2D eigenvalue weighted by atomic mass is 10.1. The third kappa shape index (κ3) is 3.55. The van der Waals surface area contributed by atoms with Crippen LogP contribution in [0.3, 0.4) is 0 Å². The minimum atomic E-state index is -0.594. The van der Waals surface area contributed by atoms with Crippen molar-refractivity contribution in [3.05, 3.63) is 29.3 Å². The van der Waals surface area contributed by atoms with Crippen LogP contribution in [0.5, 0.6) is 5.75 Å². The highest BCUT2D eigenvalue weighted by atomic mass is 16.5. The maximum atomic E-state index is 10.6. The maximum absolute atomic E-state index is 10.6. The van der Waals surface area contributed by atoms with E-state index in [-0.39, 0.29) is 13.0 Å². The molecule has 88 valence electrons. The first-order valence-electron chi connectivity index (χ1n) is 5.20. The Morgan fingerprint density at radius 1 is 1.56 bits per heavy atom. The number of hydrogen-bond donors (Lipinski definition) is 2. The molecule has 1 aromatic rings. The van der Waals surface area contributed by atoms with Crippen LogP contribution in [0.25, 0.3) is 0 Å². The largest absolute Gasteiger partial charge is 0.493 e. The van der Waals surface area contributed by atoms with Crippen molar-refractivity contribution < 1.29 is 14.6 Å². The summed E-state index contributed by atoms with van der Waals surface area (Å²) < 4.78 is 5.40. The molecule has 1 atom stereocenters. The predicted molar refractivity (Wildman–Crippen MR) is 61.1 cm³/mol. The number of hydrogen-bond acceptors (Lipinski definition) is 3. The van der Waals surface area contributed by atoms with E-state index in [2.05, 4.69) is 0 Å². The summed E-state index contributed by atoms with van der Waals surface area (Å²) in [6.07, 6.45) is -0.420. The number of carbonyl (C=O) groups excluding carboxylic acids is 1. The smallest absolute Gasteiger partial charge is 0.220 e. The molecule has 0 heterocycles. The molecule has 0 aliphatic heterocycles. The van der Waals surface area contributed by atoms with E-state index in [0.717, 1.165) is 11.1 Å². The summed E-state index contributed by atoms with van der Waals surface area (Å²) in [6.45, 7) is 3.85. The van der Waals surface area contributed by atoms with Gasteiger partial charge in [0.05, 0.1) is 19.1 Å². The van der Waals surface area contributed by atoms with Crippen molar-refractivity contribution in [3.8, 4) is 5.75 Å². The van der Waals surface area contributed by atoms with Gasteiger partial charge in [0.25, 0.3) is 0 Å². The number of nitrogens with two attached hydrogens (primary N) is 1. The fourth-order valence-corrected chi connectivity index (χ4v) is 1.39. The van der Waals surface area contributed by atoms with Crippen LogP contribution < -0.4 is 10.5 Å². The molecule has 1 amide bonds. The molecule has 0 aromatic heterocycles. The summed E-state index contributed by atoms with van der Waals surface area (Å²) >= 11 is 0. The summed E-state index contributed by atoms with van der Waals surface area (Å²) in [6, 6.07) is 5.55. The average molecular weight is 223 g/mol. The van der Waals surface area contributed by atoms with E-state index in [0.29, 0.717) is 5.75 Å². The Hall–Kier alpha value is -1.55. The minimum absolute atomic E-state index is 0.174. The zero-order chi connectivity index (χ0) is 12.1. The highest BCUT2D eigenvalue weighted by Crippen LogP contribution is 2.26. The summed E-state index contributed by atoms with van der Waals surface area (Å²) in [7, 11) is 0. The molecule has 0 fully saturated rings. The number of primary amides is 1. The van der Waals surface area contributed by atoms with Gasteiger partial charge in [0.1, 0.15) is 5.75 Å². The van der Waals surface area contributed by atoms with E-state index >= 15 is 0 Å². The van der Waals surface area contributed by atoms with Gasteiger partial charge in [-0.1, -0.05) is 11.6 Å². The topological polar surface area (TPSA) is 72.5 Å². The lowest BCUT2D eigenvalue weighted by Crippen LogP contribution is -2.15. The van der Waals surface area contributed by atoms with E-state index < -0.39 is 12.0 Å². The normalized spacial score (nSPS) is 12.2. The summed E-state index contributed by atoms with van der Waals surface area (Å²) in [4.78, 5) is 10.6. The number of aryl methyl sites for hydroxylation is 1. The minimum Gasteiger partial charge on any atom is -0.493 e. The first kappa shape index (κ1) is 12.5. The second kappa shape index (κ2) is 5.51. The van der Waals surface area contributed by atoms with Gasteiger partial charge in [-0.25, -0.2) is 0 Å². The lowest BCUT2D eigenvalue weighted by molar-refractivity contribution is -0.118. The van der Waals surface area contributed by atoms with Crippen molar-refractivity contribution in [2.45, 2.75) is 26.4 Å². The van der Waals surface area contributed by atoms with Crippen molar-refractivity contribution in [2.24, 2.45) is 5.73 Å². The zero-order valence-corrected chi connectivity index (χ0v) is 9.56. The van der Waals surface area contributed by atoms with Crippen molar-refractivity contribution in [3.63, 3.8) is 0 Å². The molecule has 0 aliphatic carbocycles. The Kier molecular flexibility index (Phi) is 4.31. The second-order valence-electron chi connectivity index (χ2n) is 3.78. The standard InChI is InChI=1S/C12H17NO3/c1-8-3-4-11(10(7-8)9(2)14)16-6-5-12(13)15/h3-4,7,9,14H,5-6H2,1-2H3,(H2,13,15)/t9-/m1/s1. The SMILES string of the molecule is Cc1ccc(OCCC(N)=O)c([C@@H](C)O)c1. The Morgan fingerprint density at radius 2 is 2.25 bits per heavy atom. The average Bonchev–Trinajstić information content (AvgIpc) is 2.19. The van der Waals surface area contributed by atoms with Gasteiger partial charge >= 0.3 is 0 Å². The number of carbonyl (C=O) groups is 1. The summed E-state index contributed by atoms with van der Waals surface area (Å²) in [5, 5.41) is 9.57. The molecule has 0 unspecified atom stereocenters. The van der Waals surface area contributed by atoms with Gasteiger partial charge in [-0.2, -0.15) is 0 Å². The fraction of sp³-hybridized carbons (Fsp3) is 0.417. The molecule has 0 spiro atoms. The van der Waals surface area contributed by atoms with Crippen LogP contribution in [0.2, 0.25) is 0 Å². The first-order chi connectivity index (χ1) is 7.50. The van der Waals surface area contributed by atoms with Gasteiger partial charge in [0.15, 0.2) is 0 Å². The van der Waals surface area contributed by atoms with Crippen LogP contribution in [-0.4, -0.2) is 17.6 Å². The molecule has 16 heavy (non-hydrogen) atoms. The van der Waals surface area contributed by atoms with Gasteiger partial charge in [-0.3, -0.25) is 4.79 Å². The number of ether oxygens (including phenoxy) is 1. The number of rotatable bonds is 5. The molecular formula is C12H17NO3. The molecule has 0 aliphatic rings. The van der Waals surface area contributed by atoms with E-state index in [1.807, 2.05) is 19.1 Å². The van der Waals surface area contributed by atoms with E-state index in [4.69, 9.17) is 10.5 Å². The molecule has 0 saturated carbocycles. The van der Waals surface area contributed by atoms with Crippen LogP contribution >= 0.6 is 0 Å². The van der Waals surface area contributed by atoms with Gasteiger partial charge in [0, 0.05) is 5.56 Å². The quantitative estimate of drug-likeness (QED) is 0.790. The van der Waals surface area contributed by atoms with Crippen molar-refractivity contribution in [1.82, 2.24) is 0 Å². The molecule has 0 radical (unpaired) electrons. The number of aliphatic hydroxyl groups excluding tert-OH is 1. The Labute approximate surface area is 95.0 Å². The van der Waals surface area contributed by atoms with E-state index in [1.165, 1.54) is 0 Å². The van der Waals surface area contributed by atoms with Crippen LogP contribution in [-0.2, 0) is 4.79 Å².